The number of hydrogen-bond acceptors (Lipinski definition) is 4. The van der Waals surface area contributed by atoms with Gasteiger partial charge in [-0.1, -0.05) is 64.7 Å². The van der Waals surface area contributed by atoms with Crippen LogP contribution < -0.4 is 5.32 Å². The molecule has 1 aromatic rings. The molecule has 1 fully saturated rings. The fourth-order valence-corrected chi connectivity index (χ4v) is 6.29. The lowest BCUT2D eigenvalue weighted by atomic mass is 9.98. The maximum atomic E-state index is 13.6. The predicted molar refractivity (Wildman–Crippen MR) is 159 cm³/mol. The van der Waals surface area contributed by atoms with Crippen LogP contribution in [0.5, 0.6) is 5.75 Å². The van der Waals surface area contributed by atoms with E-state index in [1.807, 2.05) is 45.6 Å². The topological polar surface area (TPSA) is 69.6 Å². The summed E-state index contributed by atoms with van der Waals surface area (Å²) in [4.78, 5) is 28.8. The molecule has 210 valence electrons. The Morgan fingerprint density at radius 2 is 1.57 bits per heavy atom. The monoisotopic (exact) mass is 532 g/mol. The van der Waals surface area contributed by atoms with Crippen molar-refractivity contribution >= 4 is 29.3 Å². The van der Waals surface area contributed by atoms with Crippen molar-refractivity contribution < 1.29 is 14.7 Å². The number of thioether (sulfide) groups is 1. The molecule has 1 aromatic carbocycles. The van der Waals surface area contributed by atoms with Crippen molar-refractivity contribution in [2.75, 3.05) is 17.6 Å². The van der Waals surface area contributed by atoms with Gasteiger partial charge in [0.2, 0.25) is 11.8 Å². The summed E-state index contributed by atoms with van der Waals surface area (Å²) in [7, 11) is 0. The zero-order chi connectivity index (χ0) is 27.4. The molecule has 1 unspecified atom stereocenters. The van der Waals surface area contributed by atoms with Gasteiger partial charge < -0.3 is 15.3 Å². The molecule has 2 rings (SSSR count). The first-order valence-electron chi connectivity index (χ1n) is 14.7. The molecule has 6 heteroatoms. The van der Waals surface area contributed by atoms with E-state index in [9.17, 15) is 14.7 Å². The maximum absolute atomic E-state index is 13.6. The number of nitrogens with one attached hydrogen (secondary N) is 1. The van der Waals surface area contributed by atoms with E-state index in [0.29, 0.717) is 18.7 Å². The number of aromatic hydroxyl groups is 1. The van der Waals surface area contributed by atoms with Crippen molar-refractivity contribution in [2.24, 2.45) is 0 Å². The highest BCUT2D eigenvalue weighted by molar-refractivity contribution is 8.01. The Hall–Kier alpha value is -1.69. The van der Waals surface area contributed by atoms with Crippen molar-refractivity contribution in [3.63, 3.8) is 0 Å². The second-order valence-corrected chi connectivity index (χ2v) is 13.1. The lowest BCUT2D eigenvalue weighted by Gasteiger charge is -2.39. The van der Waals surface area contributed by atoms with Crippen LogP contribution in [0.1, 0.15) is 121 Å². The molecule has 1 aliphatic rings. The standard InChI is InChI=1S/C31H52N2O3S/c1-7-8-9-10-11-12-13-14-15-18-21-37-31(5,6)30(36)33-20-17-16-19-27(33)29(35)32-26-22-23(2)28(34)25(4)24(26)3/h22,27,34H,7-21H2,1-6H3,(H,32,35). The van der Waals surface area contributed by atoms with E-state index in [4.69, 9.17) is 0 Å². The summed E-state index contributed by atoms with van der Waals surface area (Å²) in [5.74, 6) is 1.19. The number of carbonyl (C=O) groups excluding carboxylic acids is 2. The highest BCUT2D eigenvalue weighted by Crippen LogP contribution is 2.33. The molecule has 1 atom stereocenters. The normalized spacial score (nSPS) is 16.2. The van der Waals surface area contributed by atoms with Crippen molar-refractivity contribution in [3.05, 3.63) is 22.8 Å². The van der Waals surface area contributed by atoms with Gasteiger partial charge in [-0.2, -0.15) is 0 Å². The summed E-state index contributed by atoms with van der Waals surface area (Å²) in [6.45, 7) is 12.5. The summed E-state index contributed by atoms with van der Waals surface area (Å²) >= 11 is 1.73. The van der Waals surface area contributed by atoms with Gasteiger partial charge in [0, 0.05) is 12.2 Å². The van der Waals surface area contributed by atoms with Crippen LogP contribution in [0.2, 0.25) is 0 Å². The Balaban J connectivity index is 1.85. The van der Waals surface area contributed by atoms with Crippen molar-refractivity contribution in [1.82, 2.24) is 4.90 Å². The molecular formula is C31H52N2O3S. The van der Waals surface area contributed by atoms with E-state index in [1.165, 1.54) is 57.8 Å². The number of hydrogen-bond donors (Lipinski definition) is 2. The van der Waals surface area contributed by atoms with E-state index < -0.39 is 10.8 Å². The minimum atomic E-state index is -0.545. The van der Waals surface area contributed by atoms with Crippen LogP contribution in [-0.4, -0.2) is 44.9 Å². The summed E-state index contributed by atoms with van der Waals surface area (Å²) < 4.78 is -0.545. The lowest BCUT2D eigenvalue weighted by Crippen LogP contribution is -2.55. The van der Waals surface area contributed by atoms with Crippen LogP contribution in [0, 0.1) is 20.8 Å². The number of anilines is 1. The average molecular weight is 533 g/mol. The minimum absolute atomic E-state index is 0.0687. The lowest BCUT2D eigenvalue weighted by molar-refractivity contribution is -0.141. The number of piperidine rings is 1. The van der Waals surface area contributed by atoms with Crippen LogP contribution in [-0.2, 0) is 9.59 Å². The Bertz CT molecular complexity index is 884. The van der Waals surface area contributed by atoms with Gasteiger partial charge in [-0.15, -0.1) is 11.8 Å². The van der Waals surface area contributed by atoms with Gasteiger partial charge >= 0.3 is 0 Å². The zero-order valence-electron chi connectivity index (χ0n) is 24.4. The summed E-state index contributed by atoms with van der Waals surface area (Å²) in [5, 5.41) is 13.3. The van der Waals surface area contributed by atoms with Crippen LogP contribution in [0.15, 0.2) is 6.07 Å². The number of rotatable bonds is 15. The number of amides is 2. The molecule has 1 aliphatic heterocycles. The second-order valence-electron chi connectivity index (χ2n) is 11.4. The molecule has 0 bridgehead atoms. The molecule has 2 amide bonds. The van der Waals surface area contributed by atoms with E-state index in [2.05, 4.69) is 12.2 Å². The van der Waals surface area contributed by atoms with E-state index >= 15 is 0 Å². The third-order valence-corrected chi connectivity index (χ3v) is 9.25. The van der Waals surface area contributed by atoms with E-state index in [0.717, 1.165) is 41.7 Å². The Morgan fingerprint density at radius 1 is 0.973 bits per heavy atom. The van der Waals surface area contributed by atoms with Crippen LogP contribution in [0.3, 0.4) is 0 Å². The van der Waals surface area contributed by atoms with Crippen LogP contribution in [0.4, 0.5) is 5.69 Å². The molecule has 1 heterocycles. The Morgan fingerprint density at radius 3 is 2.19 bits per heavy atom. The van der Waals surface area contributed by atoms with Gasteiger partial charge in [0.15, 0.2) is 0 Å². The molecule has 1 saturated heterocycles. The van der Waals surface area contributed by atoms with Crippen LogP contribution >= 0.6 is 11.8 Å². The maximum Gasteiger partial charge on any atom is 0.247 e. The molecule has 0 aromatic heterocycles. The average Bonchev–Trinajstić information content (AvgIpc) is 2.88. The third kappa shape index (κ3) is 9.53. The predicted octanol–water partition coefficient (Wildman–Crippen LogP) is 8.07. The fourth-order valence-electron chi connectivity index (χ4n) is 5.19. The molecule has 2 N–H and O–H groups in total. The number of benzene rings is 1. The number of carbonyl (C=O) groups is 2. The van der Waals surface area contributed by atoms with Crippen molar-refractivity contribution in [2.45, 2.75) is 136 Å². The Kier molecular flexibility index (Phi) is 13.3. The van der Waals surface area contributed by atoms with Gasteiger partial charge in [0.05, 0.1) is 4.75 Å². The molecule has 37 heavy (non-hydrogen) atoms. The fraction of sp³-hybridized carbons (Fsp3) is 0.742. The number of unbranched alkanes of at least 4 members (excludes halogenated alkanes) is 9. The second kappa shape index (κ2) is 15.7. The SMILES string of the molecule is CCCCCCCCCCCCSC(C)(C)C(=O)N1CCCCC1C(=O)Nc1cc(C)c(O)c(C)c1C. The molecule has 5 nitrogen and oxygen atoms in total. The number of nitrogens with zero attached hydrogens (tertiary/aromatic N) is 1. The first-order chi connectivity index (χ1) is 17.6. The molecular weight excluding hydrogens is 480 g/mol. The molecule has 0 aliphatic carbocycles. The molecule has 0 radical (unpaired) electrons. The summed E-state index contributed by atoms with van der Waals surface area (Å²) in [5.41, 5.74) is 3.08. The highest BCUT2D eigenvalue weighted by Gasteiger charge is 2.39. The van der Waals surface area contributed by atoms with Crippen LogP contribution in [0.25, 0.3) is 0 Å². The van der Waals surface area contributed by atoms with Crippen molar-refractivity contribution in [3.8, 4) is 5.75 Å². The van der Waals surface area contributed by atoms with Crippen molar-refractivity contribution in [1.29, 1.82) is 0 Å². The Labute approximate surface area is 230 Å². The van der Waals surface area contributed by atoms with Gasteiger partial charge in [-0.3, -0.25) is 9.59 Å². The number of phenolic OH excluding ortho intramolecular Hbond substituents is 1. The zero-order valence-corrected chi connectivity index (χ0v) is 25.2. The minimum Gasteiger partial charge on any atom is -0.507 e. The number of aryl methyl sites for hydroxylation is 1. The van der Waals surface area contributed by atoms with Gasteiger partial charge in [-0.25, -0.2) is 0 Å². The van der Waals surface area contributed by atoms with Gasteiger partial charge in [0.1, 0.15) is 11.8 Å². The number of phenols is 1. The summed E-state index contributed by atoms with van der Waals surface area (Å²) in [6, 6.07) is 1.36. The summed E-state index contributed by atoms with van der Waals surface area (Å²) in [6.07, 6.45) is 15.7. The first kappa shape index (κ1) is 31.5. The number of likely N-dealkylation sites (tertiary alicyclic amines) is 1. The van der Waals surface area contributed by atoms with E-state index in [1.54, 1.807) is 11.8 Å². The van der Waals surface area contributed by atoms with Gasteiger partial charge in [-0.05, 0) is 88.8 Å². The first-order valence-corrected chi connectivity index (χ1v) is 15.6. The quantitative estimate of drug-likeness (QED) is 0.177. The molecule has 0 spiro atoms. The van der Waals surface area contributed by atoms with E-state index in [-0.39, 0.29) is 17.6 Å². The largest absolute Gasteiger partial charge is 0.507 e. The smallest absolute Gasteiger partial charge is 0.247 e. The highest BCUT2D eigenvalue weighted by atomic mass is 32.2. The third-order valence-electron chi connectivity index (χ3n) is 7.86. The van der Waals surface area contributed by atoms with Gasteiger partial charge in [0.25, 0.3) is 0 Å². The molecule has 0 saturated carbocycles.